The minimum atomic E-state index is -0.219. The lowest BCUT2D eigenvalue weighted by Crippen LogP contribution is -2.21. The zero-order valence-corrected chi connectivity index (χ0v) is 13.7. The molecule has 0 amide bonds. The Labute approximate surface area is 128 Å². The van der Waals surface area contributed by atoms with Gasteiger partial charge in [0, 0.05) is 6.42 Å². The molecular formula is C18H28O3. The fourth-order valence-electron chi connectivity index (χ4n) is 1.98. The van der Waals surface area contributed by atoms with Crippen molar-refractivity contribution >= 4 is 5.97 Å². The summed E-state index contributed by atoms with van der Waals surface area (Å²) < 4.78 is 11.0. The van der Waals surface area contributed by atoms with Crippen LogP contribution < -0.4 is 4.74 Å². The molecule has 0 radical (unpaired) electrons. The molecule has 118 valence electrons. The van der Waals surface area contributed by atoms with Crippen LogP contribution in [0.1, 0.15) is 64.9 Å². The number of ether oxygens (including phenoxy) is 2. The van der Waals surface area contributed by atoms with E-state index >= 15 is 0 Å². The van der Waals surface area contributed by atoms with Gasteiger partial charge in [0.05, 0.1) is 0 Å². The van der Waals surface area contributed by atoms with Crippen LogP contribution >= 0.6 is 0 Å². The molecule has 1 aromatic carbocycles. The number of rotatable bonds is 9. The number of esters is 1. The SMILES string of the molecule is CCCCC(=O)O[C@H](C)COc1ccc([C@@H](C)CC)cc1. The Kier molecular flexibility index (Phi) is 7.88. The van der Waals surface area contributed by atoms with Crippen LogP contribution in [0.4, 0.5) is 0 Å². The molecule has 3 nitrogen and oxygen atoms in total. The van der Waals surface area contributed by atoms with Crippen molar-refractivity contribution < 1.29 is 14.3 Å². The highest BCUT2D eigenvalue weighted by Crippen LogP contribution is 2.21. The topological polar surface area (TPSA) is 35.5 Å². The average molecular weight is 292 g/mol. The number of hydrogen-bond acceptors (Lipinski definition) is 3. The Morgan fingerprint density at radius 2 is 1.81 bits per heavy atom. The summed E-state index contributed by atoms with van der Waals surface area (Å²) in [7, 11) is 0. The van der Waals surface area contributed by atoms with Crippen LogP contribution in [-0.4, -0.2) is 18.7 Å². The summed E-state index contributed by atoms with van der Waals surface area (Å²) in [5, 5.41) is 0. The van der Waals surface area contributed by atoms with Crippen LogP contribution in [0.5, 0.6) is 5.75 Å². The fourth-order valence-corrected chi connectivity index (χ4v) is 1.98. The molecule has 0 aliphatic heterocycles. The molecule has 1 aromatic rings. The normalized spacial score (nSPS) is 13.5. The number of hydrogen-bond donors (Lipinski definition) is 0. The zero-order valence-electron chi connectivity index (χ0n) is 13.7. The second kappa shape index (κ2) is 9.43. The standard InChI is InChI=1S/C18H28O3/c1-5-7-8-18(19)21-15(4)13-20-17-11-9-16(10-12-17)14(3)6-2/h9-12,14-15H,5-8,13H2,1-4H3/t14-,15+/m0/s1. The highest BCUT2D eigenvalue weighted by atomic mass is 16.6. The highest BCUT2D eigenvalue weighted by molar-refractivity contribution is 5.69. The van der Waals surface area contributed by atoms with Gasteiger partial charge in [-0.15, -0.1) is 0 Å². The second-order valence-electron chi connectivity index (χ2n) is 5.59. The van der Waals surface area contributed by atoms with Crippen molar-refractivity contribution in [2.24, 2.45) is 0 Å². The van der Waals surface area contributed by atoms with Crippen molar-refractivity contribution in [3.8, 4) is 5.75 Å². The molecule has 0 bridgehead atoms. The molecule has 0 N–H and O–H groups in total. The summed E-state index contributed by atoms with van der Waals surface area (Å²) in [5.41, 5.74) is 1.32. The molecule has 0 aromatic heterocycles. The van der Waals surface area contributed by atoms with Gasteiger partial charge in [0.25, 0.3) is 0 Å². The van der Waals surface area contributed by atoms with Gasteiger partial charge in [-0.05, 0) is 43.4 Å². The second-order valence-corrected chi connectivity index (χ2v) is 5.59. The van der Waals surface area contributed by atoms with Crippen molar-refractivity contribution in [1.82, 2.24) is 0 Å². The largest absolute Gasteiger partial charge is 0.490 e. The lowest BCUT2D eigenvalue weighted by Gasteiger charge is -2.15. The fraction of sp³-hybridized carbons (Fsp3) is 0.611. The summed E-state index contributed by atoms with van der Waals surface area (Å²) in [6.45, 7) is 8.71. The Balaban J connectivity index is 2.35. The van der Waals surface area contributed by atoms with Gasteiger partial charge >= 0.3 is 5.97 Å². The molecule has 21 heavy (non-hydrogen) atoms. The Morgan fingerprint density at radius 3 is 2.38 bits per heavy atom. The van der Waals surface area contributed by atoms with Crippen LogP contribution in [0, 0.1) is 0 Å². The van der Waals surface area contributed by atoms with E-state index in [-0.39, 0.29) is 12.1 Å². The van der Waals surface area contributed by atoms with Gasteiger partial charge in [0.2, 0.25) is 0 Å². The van der Waals surface area contributed by atoms with Gasteiger partial charge in [0.1, 0.15) is 18.5 Å². The van der Waals surface area contributed by atoms with E-state index in [0.29, 0.717) is 18.9 Å². The third kappa shape index (κ3) is 6.65. The minimum absolute atomic E-state index is 0.139. The van der Waals surface area contributed by atoms with E-state index in [1.165, 1.54) is 5.56 Å². The molecular weight excluding hydrogens is 264 g/mol. The van der Waals surface area contributed by atoms with Crippen molar-refractivity contribution in [3.63, 3.8) is 0 Å². The summed E-state index contributed by atoms with van der Waals surface area (Å²) in [4.78, 5) is 11.5. The Hall–Kier alpha value is -1.51. The van der Waals surface area contributed by atoms with E-state index in [2.05, 4.69) is 32.9 Å². The molecule has 0 spiro atoms. The quantitative estimate of drug-likeness (QED) is 0.619. The molecule has 0 aliphatic rings. The summed E-state index contributed by atoms with van der Waals surface area (Å²) in [6, 6.07) is 8.16. The van der Waals surface area contributed by atoms with Crippen LogP contribution in [0.25, 0.3) is 0 Å². The van der Waals surface area contributed by atoms with Gasteiger partial charge in [-0.25, -0.2) is 0 Å². The van der Waals surface area contributed by atoms with E-state index in [1.54, 1.807) is 0 Å². The molecule has 1 rings (SSSR count). The number of carbonyl (C=O) groups is 1. The first kappa shape index (κ1) is 17.5. The van der Waals surface area contributed by atoms with Gasteiger partial charge in [0.15, 0.2) is 0 Å². The molecule has 2 atom stereocenters. The number of unbranched alkanes of at least 4 members (excludes halogenated alkanes) is 1. The molecule has 0 aliphatic carbocycles. The summed E-state index contributed by atoms with van der Waals surface area (Å²) >= 11 is 0. The molecule has 0 fully saturated rings. The predicted octanol–water partition coefficient (Wildman–Crippen LogP) is 4.70. The molecule has 0 saturated heterocycles. The van der Waals surface area contributed by atoms with Crippen LogP contribution in [0.2, 0.25) is 0 Å². The van der Waals surface area contributed by atoms with Crippen LogP contribution in [0.15, 0.2) is 24.3 Å². The number of carbonyl (C=O) groups excluding carboxylic acids is 1. The molecule has 0 saturated carbocycles. The Bertz CT molecular complexity index is 411. The van der Waals surface area contributed by atoms with Crippen molar-refractivity contribution in [3.05, 3.63) is 29.8 Å². The van der Waals surface area contributed by atoms with E-state index in [1.807, 2.05) is 19.1 Å². The first-order valence-corrected chi connectivity index (χ1v) is 7.99. The van der Waals surface area contributed by atoms with Crippen molar-refractivity contribution in [1.29, 1.82) is 0 Å². The maximum Gasteiger partial charge on any atom is 0.306 e. The maximum atomic E-state index is 11.5. The van der Waals surface area contributed by atoms with E-state index in [9.17, 15) is 4.79 Å². The number of benzene rings is 1. The van der Waals surface area contributed by atoms with Gasteiger partial charge in [-0.1, -0.05) is 39.3 Å². The van der Waals surface area contributed by atoms with Crippen LogP contribution in [0.3, 0.4) is 0 Å². The minimum Gasteiger partial charge on any atom is -0.490 e. The first-order valence-electron chi connectivity index (χ1n) is 7.99. The lowest BCUT2D eigenvalue weighted by atomic mass is 9.99. The third-order valence-electron chi connectivity index (χ3n) is 3.61. The van der Waals surface area contributed by atoms with E-state index in [4.69, 9.17) is 9.47 Å². The smallest absolute Gasteiger partial charge is 0.306 e. The lowest BCUT2D eigenvalue weighted by molar-refractivity contribution is -0.149. The third-order valence-corrected chi connectivity index (χ3v) is 3.61. The molecule has 3 heteroatoms. The average Bonchev–Trinajstić information content (AvgIpc) is 2.50. The van der Waals surface area contributed by atoms with E-state index in [0.717, 1.165) is 25.0 Å². The van der Waals surface area contributed by atoms with Crippen molar-refractivity contribution in [2.45, 2.75) is 65.4 Å². The molecule has 0 heterocycles. The highest BCUT2D eigenvalue weighted by Gasteiger charge is 2.10. The maximum absolute atomic E-state index is 11.5. The van der Waals surface area contributed by atoms with Gasteiger partial charge < -0.3 is 9.47 Å². The summed E-state index contributed by atoms with van der Waals surface area (Å²) in [5.74, 6) is 1.25. The van der Waals surface area contributed by atoms with E-state index < -0.39 is 0 Å². The monoisotopic (exact) mass is 292 g/mol. The predicted molar refractivity (Wildman–Crippen MR) is 85.7 cm³/mol. The van der Waals surface area contributed by atoms with Gasteiger partial charge in [-0.3, -0.25) is 4.79 Å². The zero-order chi connectivity index (χ0) is 15.7. The Morgan fingerprint density at radius 1 is 1.14 bits per heavy atom. The molecule has 0 unspecified atom stereocenters. The van der Waals surface area contributed by atoms with Gasteiger partial charge in [-0.2, -0.15) is 0 Å². The van der Waals surface area contributed by atoms with Crippen molar-refractivity contribution in [2.75, 3.05) is 6.61 Å². The van der Waals surface area contributed by atoms with Crippen LogP contribution in [-0.2, 0) is 9.53 Å². The summed E-state index contributed by atoms with van der Waals surface area (Å²) in [6.07, 6.45) is 3.28. The first-order chi connectivity index (χ1) is 10.1.